The highest BCUT2D eigenvalue weighted by molar-refractivity contribution is 7.90. The van der Waals surface area contributed by atoms with E-state index in [0.717, 1.165) is 17.0 Å². The number of hydrogen-bond donors (Lipinski definition) is 1. The molecule has 1 aliphatic heterocycles. The number of hydrogen-bond acceptors (Lipinski definition) is 4. The molecule has 0 radical (unpaired) electrons. The Labute approximate surface area is 102 Å². The maximum atomic E-state index is 11.7. The number of rotatable bonds is 3. The predicted molar refractivity (Wildman–Crippen MR) is 66.4 cm³/mol. The van der Waals surface area contributed by atoms with Crippen LogP contribution in [0.2, 0.25) is 0 Å². The van der Waals surface area contributed by atoms with Gasteiger partial charge in [0.2, 0.25) is 0 Å². The Morgan fingerprint density at radius 1 is 1.47 bits per heavy atom. The molecular formula is C11H19N3O2S. The van der Waals surface area contributed by atoms with Crippen molar-refractivity contribution in [1.29, 1.82) is 0 Å². The minimum atomic E-state index is -2.92. The molecule has 1 aliphatic rings. The fourth-order valence-electron chi connectivity index (χ4n) is 2.13. The summed E-state index contributed by atoms with van der Waals surface area (Å²) in [5.74, 6) is 0.391. The summed E-state index contributed by atoms with van der Waals surface area (Å²) in [6.45, 7) is 4.76. The number of nitrogens with one attached hydrogen (secondary N) is 1. The SMILES string of the molecule is CC(C)NCc1nn(C)c2c1CS(=O)(=O)CC2. The Bertz CT molecular complexity index is 517. The standard InChI is InChI=1S/C11H19N3O2S/c1-8(2)12-6-10-9-7-17(15,16)5-4-11(9)14(3)13-10/h8,12H,4-7H2,1-3H3. The average Bonchev–Trinajstić information content (AvgIpc) is 2.50. The normalized spacial score (nSPS) is 18.4. The molecule has 0 aliphatic carbocycles. The summed E-state index contributed by atoms with van der Waals surface area (Å²) in [6.07, 6.45) is 0.586. The number of aryl methyl sites for hydroxylation is 1. The second kappa shape index (κ2) is 4.42. The Hall–Kier alpha value is -0.880. The molecule has 0 saturated carbocycles. The van der Waals surface area contributed by atoms with Crippen LogP contribution in [0.5, 0.6) is 0 Å². The van der Waals surface area contributed by atoms with Crippen molar-refractivity contribution < 1.29 is 8.42 Å². The molecule has 0 saturated heterocycles. The van der Waals surface area contributed by atoms with Crippen LogP contribution in [0.1, 0.15) is 30.8 Å². The van der Waals surface area contributed by atoms with Crippen molar-refractivity contribution in [3.05, 3.63) is 17.0 Å². The Morgan fingerprint density at radius 3 is 2.82 bits per heavy atom. The van der Waals surface area contributed by atoms with E-state index in [1.807, 2.05) is 11.7 Å². The van der Waals surface area contributed by atoms with Crippen molar-refractivity contribution >= 4 is 9.84 Å². The van der Waals surface area contributed by atoms with Gasteiger partial charge in [-0.2, -0.15) is 5.10 Å². The van der Waals surface area contributed by atoms with Gasteiger partial charge in [-0.1, -0.05) is 13.8 Å². The van der Waals surface area contributed by atoms with Gasteiger partial charge in [-0.25, -0.2) is 8.42 Å². The van der Waals surface area contributed by atoms with Crippen LogP contribution < -0.4 is 5.32 Å². The molecule has 0 bridgehead atoms. The number of nitrogens with zero attached hydrogens (tertiary/aromatic N) is 2. The van der Waals surface area contributed by atoms with E-state index in [4.69, 9.17) is 0 Å². The zero-order chi connectivity index (χ0) is 12.6. The molecule has 0 unspecified atom stereocenters. The first-order valence-electron chi connectivity index (χ1n) is 5.86. The average molecular weight is 257 g/mol. The van der Waals surface area contributed by atoms with Crippen molar-refractivity contribution in [2.45, 2.75) is 38.6 Å². The van der Waals surface area contributed by atoms with Crippen molar-refractivity contribution in [1.82, 2.24) is 15.1 Å². The van der Waals surface area contributed by atoms with E-state index in [9.17, 15) is 8.42 Å². The second-order valence-electron chi connectivity index (χ2n) is 4.87. The summed E-state index contributed by atoms with van der Waals surface area (Å²) >= 11 is 0. The minimum absolute atomic E-state index is 0.144. The van der Waals surface area contributed by atoms with Crippen LogP contribution in [-0.2, 0) is 35.6 Å². The van der Waals surface area contributed by atoms with E-state index in [0.29, 0.717) is 19.0 Å². The van der Waals surface area contributed by atoms with Crippen molar-refractivity contribution in [3.8, 4) is 0 Å². The van der Waals surface area contributed by atoms with Gasteiger partial charge in [0.25, 0.3) is 0 Å². The lowest BCUT2D eigenvalue weighted by atomic mass is 10.1. The summed E-state index contributed by atoms with van der Waals surface area (Å²) in [6, 6.07) is 0.368. The van der Waals surface area contributed by atoms with E-state index in [1.165, 1.54) is 0 Å². The van der Waals surface area contributed by atoms with Crippen molar-refractivity contribution in [2.24, 2.45) is 7.05 Å². The van der Waals surface area contributed by atoms with E-state index in [-0.39, 0.29) is 11.5 Å². The molecule has 6 heteroatoms. The summed E-state index contributed by atoms with van der Waals surface area (Å²) in [7, 11) is -1.04. The lowest BCUT2D eigenvalue weighted by molar-refractivity contribution is 0.572. The van der Waals surface area contributed by atoms with Gasteiger partial charge in [-0.15, -0.1) is 0 Å². The highest BCUT2D eigenvalue weighted by Gasteiger charge is 2.27. The maximum Gasteiger partial charge on any atom is 0.154 e. The molecule has 1 N–H and O–H groups in total. The first-order valence-corrected chi connectivity index (χ1v) is 7.68. The van der Waals surface area contributed by atoms with E-state index >= 15 is 0 Å². The molecule has 17 heavy (non-hydrogen) atoms. The summed E-state index contributed by atoms with van der Waals surface area (Å²) < 4.78 is 25.1. The topological polar surface area (TPSA) is 64.0 Å². The van der Waals surface area contributed by atoms with Crippen molar-refractivity contribution in [2.75, 3.05) is 5.75 Å². The number of sulfone groups is 1. The van der Waals surface area contributed by atoms with Gasteiger partial charge in [0.15, 0.2) is 9.84 Å². The fraction of sp³-hybridized carbons (Fsp3) is 0.727. The highest BCUT2D eigenvalue weighted by atomic mass is 32.2. The lowest BCUT2D eigenvalue weighted by Gasteiger charge is -2.14. The molecule has 1 aromatic heterocycles. The van der Waals surface area contributed by atoms with Crippen LogP contribution in [-0.4, -0.2) is 30.0 Å². The molecule has 0 atom stereocenters. The molecule has 0 fully saturated rings. The lowest BCUT2D eigenvalue weighted by Crippen LogP contribution is -2.24. The van der Waals surface area contributed by atoms with Crippen LogP contribution in [0.3, 0.4) is 0 Å². The monoisotopic (exact) mass is 257 g/mol. The maximum absolute atomic E-state index is 11.7. The van der Waals surface area contributed by atoms with Crippen LogP contribution in [0, 0.1) is 0 Å². The first kappa shape index (κ1) is 12.6. The molecule has 96 valence electrons. The van der Waals surface area contributed by atoms with Crippen LogP contribution in [0.25, 0.3) is 0 Å². The van der Waals surface area contributed by atoms with E-state index in [1.54, 1.807) is 0 Å². The largest absolute Gasteiger partial charge is 0.309 e. The van der Waals surface area contributed by atoms with Crippen molar-refractivity contribution in [3.63, 3.8) is 0 Å². The van der Waals surface area contributed by atoms with Crippen LogP contribution >= 0.6 is 0 Å². The van der Waals surface area contributed by atoms with Gasteiger partial charge in [0.1, 0.15) is 0 Å². The quantitative estimate of drug-likeness (QED) is 0.851. The minimum Gasteiger partial charge on any atom is -0.309 e. The van der Waals surface area contributed by atoms with Gasteiger partial charge >= 0.3 is 0 Å². The summed E-state index contributed by atoms with van der Waals surface area (Å²) in [4.78, 5) is 0. The zero-order valence-corrected chi connectivity index (χ0v) is 11.3. The molecule has 2 rings (SSSR count). The van der Waals surface area contributed by atoms with Gasteiger partial charge in [0, 0.05) is 37.3 Å². The molecule has 0 amide bonds. The van der Waals surface area contributed by atoms with Gasteiger partial charge in [-0.05, 0) is 0 Å². The predicted octanol–water partition coefficient (Wildman–Crippen LogP) is 0.389. The van der Waals surface area contributed by atoms with Gasteiger partial charge < -0.3 is 5.32 Å². The zero-order valence-electron chi connectivity index (χ0n) is 10.5. The number of fused-ring (bicyclic) bond motifs is 1. The third kappa shape index (κ3) is 2.69. The molecular weight excluding hydrogens is 238 g/mol. The van der Waals surface area contributed by atoms with Gasteiger partial charge in [-0.3, -0.25) is 4.68 Å². The van der Waals surface area contributed by atoms with Crippen LogP contribution in [0.4, 0.5) is 0 Å². The molecule has 0 spiro atoms. The third-order valence-electron chi connectivity index (χ3n) is 3.05. The van der Waals surface area contributed by atoms with E-state index in [2.05, 4.69) is 24.3 Å². The molecule has 0 aromatic carbocycles. The van der Waals surface area contributed by atoms with E-state index < -0.39 is 9.84 Å². The van der Waals surface area contributed by atoms with Crippen LogP contribution in [0.15, 0.2) is 0 Å². The third-order valence-corrected chi connectivity index (χ3v) is 4.60. The molecule has 5 nitrogen and oxygen atoms in total. The van der Waals surface area contributed by atoms with Gasteiger partial charge in [0.05, 0.1) is 17.2 Å². The number of aromatic nitrogens is 2. The molecule has 2 heterocycles. The Morgan fingerprint density at radius 2 is 2.18 bits per heavy atom. The smallest absolute Gasteiger partial charge is 0.154 e. The summed E-state index contributed by atoms with van der Waals surface area (Å²) in [5.41, 5.74) is 2.85. The highest BCUT2D eigenvalue weighted by Crippen LogP contribution is 2.23. The molecule has 1 aromatic rings. The summed E-state index contributed by atoms with van der Waals surface area (Å²) in [5, 5.41) is 7.70. The fourth-order valence-corrected chi connectivity index (χ4v) is 3.55. The Kier molecular flexibility index (Phi) is 3.27. The second-order valence-corrected chi connectivity index (χ2v) is 7.06. The first-order chi connectivity index (χ1) is 7.89. The Balaban J connectivity index is 2.30.